The summed E-state index contributed by atoms with van der Waals surface area (Å²) in [4.78, 5) is 0.111. The lowest BCUT2D eigenvalue weighted by atomic mass is 10.3. The van der Waals surface area contributed by atoms with Crippen LogP contribution in [0.25, 0.3) is 0 Å². The second-order valence-corrected chi connectivity index (χ2v) is 8.31. The van der Waals surface area contributed by atoms with Crippen molar-refractivity contribution in [2.45, 2.75) is 24.7 Å². The van der Waals surface area contributed by atoms with Gasteiger partial charge in [0.05, 0.1) is 4.90 Å². The van der Waals surface area contributed by atoms with Gasteiger partial charge in [-0.2, -0.15) is 0 Å². The lowest BCUT2D eigenvalue weighted by molar-refractivity contribution is 0.171. The molecular formula is C19H23N3O4S2. The van der Waals surface area contributed by atoms with Crippen molar-refractivity contribution in [3.63, 3.8) is 0 Å². The van der Waals surface area contributed by atoms with Gasteiger partial charge >= 0.3 is 0 Å². The predicted octanol–water partition coefficient (Wildman–Crippen LogP) is 3.35. The summed E-state index contributed by atoms with van der Waals surface area (Å²) in [5, 5.41) is 6.73. The van der Waals surface area contributed by atoms with Gasteiger partial charge in [-0.05, 0) is 55.0 Å². The minimum Gasteiger partial charge on any atom is -0.486 e. The summed E-state index contributed by atoms with van der Waals surface area (Å²) in [7, 11) is -3.74. The molecule has 0 spiro atoms. The highest BCUT2D eigenvalue weighted by molar-refractivity contribution is 7.92. The van der Waals surface area contributed by atoms with E-state index in [-0.39, 0.29) is 4.90 Å². The zero-order valence-corrected chi connectivity index (χ0v) is 17.2. The van der Waals surface area contributed by atoms with Crippen LogP contribution in [-0.4, -0.2) is 33.3 Å². The van der Waals surface area contributed by atoms with Crippen molar-refractivity contribution in [1.29, 1.82) is 0 Å². The summed E-state index contributed by atoms with van der Waals surface area (Å²) in [6.45, 7) is 3.78. The molecule has 0 saturated carbocycles. The Kier molecular flexibility index (Phi) is 6.58. The van der Waals surface area contributed by atoms with Gasteiger partial charge in [0.2, 0.25) is 0 Å². The molecule has 0 saturated heterocycles. The first-order valence-electron chi connectivity index (χ1n) is 9.05. The summed E-state index contributed by atoms with van der Waals surface area (Å²) in [5.41, 5.74) is 1.22. The Labute approximate surface area is 170 Å². The third-order valence-corrected chi connectivity index (χ3v) is 5.66. The van der Waals surface area contributed by atoms with Gasteiger partial charge in [0.15, 0.2) is 16.6 Å². The lowest BCUT2D eigenvalue weighted by Crippen LogP contribution is -2.29. The van der Waals surface area contributed by atoms with Crippen molar-refractivity contribution in [1.82, 2.24) is 5.32 Å². The smallest absolute Gasteiger partial charge is 0.262 e. The van der Waals surface area contributed by atoms with Gasteiger partial charge in [-0.15, -0.1) is 0 Å². The molecule has 3 rings (SSSR count). The molecule has 0 amide bonds. The molecular weight excluding hydrogens is 398 g/mol. The van der Waals surface area contributed by atoms with E-state index >= 15 is 0 Å². The highest BCUT2D eigenvalue weighted by Gasteiger charge is 2.19. The van der Waals surface area contributed by atoms with E-state index in [0.717, 1.165) is 25.1 Å². The van der Waals surface area contributed by atoms with Crippen molar-refractivity contribution in [3.8, 4) is 11.5 Å². The molecule has 2 aromatic carbocycles. The molecule has 2 aromatic rings. The number of anilines is 2. The number of thiocarbonyl (C=S) groups is 1. The van der Waals surface area contributed by atoms with E-state index in [4.69, 9.17) is 21.7 Å². The largest absolute Gasteiger partial charge is 0.486 e. The molecule has 0 unspecified atom stereocenters. The maximum Gasteiger partial charge on any atom is 0.262 e. The SMILES string of the molecule is CCCCNC(=S)Nc1ccc(NS(=O)(=O)c2ccc3c(c2)OCCO3)cc1. The van der Waals surface area contributed by atoms with Crippen LogP contribution in [0.3, 0.4) is 0 Å². The molecule has 3 N–H and O–H groups in total. The van der Waals surface area contributed by atoms with Crippen LogP contribution >= 0.6 is 12.2 Å². The van der Waals surface area contributed by atoms with E-state index < -0.39 is 10.0 Å². The molecule has 1 aliphatic rings. The van der Waals surface area contributed by atoms with E-state index in [9.17, 15) is 8.42 Å². The van der Waals surface area contributed by atoms with Gasteiger partial charge < -0.3 is 20.1 Å². The molecule has 0 bridgehead atoms. The monoisotopic (exact) mass is 421 g/mol. The third kappa shape index (κ3) is 5.26. The standard InChI is InChI=1S/C19H23N3O4S2/c1-2-3-10-20-19(27)21-14-4-6-15(7-5-14)22-28(23,24)16-8-9-17-18(13-16)26-12-11-25-17/h4-9,13,22H,2-3,10-12H2,1H3,(H2,20,21,27). The van der Waals surface area contributed by atoms with E-state index in [1.807, 2.05) is 0 Å². The van der Waals surface area contributed by atoms with Crippen LogP contribution in [0.15, 0.2) is 47.4 Å². The van der Waals surface area contributed by atoms with Gasteiger partial charge in [0.25, 0.3) is 10.0 Å². The Hall–Kier alpha value is -2.52. The Morgan fingerprint density at radius 3 is 2.43 bits per heavy atom. The molecule has 0 aliphatic carbocycles. The molecule has 0 atom stereocenters. The van der Waals surface area contributed by atoms with Crippen LogP contribution < -0.4 is 24.8 Å². The van der Waals surface area contributed by atoms with E-state index in [2.05, 4.69) is 22.3 Å². The number of hydrogen-bond donors (Lipinski definition) is 3. The average Bonchev–Trinajstić information content (AvgIpc) is 2.69. The van der Waals surface area contributed by atoms with Crippen LogP contribution in [0, 0.1) is 0 Å². The summed E-state index contributed by atoms with van der Waals surface area (Å²) < 4.78 is 38.7. The Morgan fingerprint density at radius 1 is 1.04 bits per heavy atom. The maximum atomic E-state index is 12.6. The average molecular weight is 422 g/mol. The summed E-state index contributed by atoms with van der Waals surface area (Å²) in [5.74, 6) is 0.974. The summed E-state index contributed by atoms with van der Waals surface area (Å²) in [6, 6.07) is 11.4. The first-order chi connectivity index (χ1) is 13.5. The number of sulfonamides is 1. The van der Waals surface area contributed by atoms with Crippen molar-refractivity contribution in [3.05, 3.63) is 42.5 Å². The number of hydrogen-bond acceptors (Lipinski definition) is 5. The van der Waals surface area contributed by atoms with E-state index in [0.29, 0.717) is 35.5 Å². The fourth-order valence-electron chi connectivity index (χ4n) is 2.58. The lowest BCUT2D eigenvalue weighted by Gasteiger charge is -2.19. The number of fused-ring (bicyclic) bond motifs is 1. The second-order valence-electron chi connectivity index (χ2n) is 6.22. The highest BCUT2D eigenvalue weighted by atomic mass is 32.2. The third-order valence-electron chi connectivity index (χ3n) is 4.03. The molecule has 0 fully saturated rings. The number of nitrogens with one attached hydrogen (secondary N) is 3. The minimum absolute atomic E-state index is 0.111. The molecule has 9 heteroatoms. The van der Waals surface area contributed by atoms with Crippen LogP contribution in [0.2, 0.25) is 0 Å². The summed E-state index contributed by atoms with van der Waals surface area (Å²) >= 11 is 5.23. The van der Waals surface area contributed by atoms with E-state index in [1.165, 1.54) is 12.1 Å². The van der Waals surface area contributed by atoms with Gasteiger partial charge in [0.1, 0.15) is 13.2 Å². The van der Waals surface area contributed by atoms with Crippen LogP contribution in [0.4, 0.5) is 11.4 Å². The zero-order chi connectivity index (χ0) is 20.0. The minimum atomic E-state index is -3.74. The first-order valence-corrected chi connectivity index (χ1v) is 10.9. The molecule has 0 radical (unpaired) electrons. The van der Waals surface area contributed by atoms with Crippen LogP contribution in [0.5, 0.6) is 11.5 Å². The van der Waals surface area contributed by atoms with Crippen molar-refractivity contribution >= 4 is 38.7 Å². The number of rotatable bonds is 7. The number of benzene rings is 2. The maximum absolute atomic E-state index is 12.6. The fraction of sp³-hybridized carbons (Fsp3) is 0.316. The molecule has 7 nitrogen and oxygen atoms in total. The number of unbranched alkanes of at least 4 members (excludes halogenated alkanes) is 1. The highest BCUT2D eigenvalue weighted by Crippen LogP contribution is 2.32. The molecule has 1 aliphatic heterocycles. The zero-order valence-electron chi connectivity index (χ0n) is 15.5. The topological polar surface area (TPSA) is 88.7 Å². The molecule has 0 aromatic heterocycles. The Bertz CT molecular complexity index is 931. The summed E-state index contributed by atoms with van der Waals surface area (Å²) in [6.07, 6.45) is 2.14. The van der Waals surface area contributed by atoms with Gasteiger partial charge in [0, 0.05) is 24.0 Å². The molecule has 28 heavy (non-hydrogen) atoms. The number of ether oxygens (including phenoxy) is 2. The van der Waals surface area contributed by atoms with Crippen molar-refractivity contribution in [2.24, 2.45) is 0 Å². The molecule has 1 heterocycles. The Balaban J connectivity index is 1.63. The van der Waals surface area contributed by atoms with Gasteiger partial charge in [-0.25, -0.2) is 8.42 Å². The van der Waals surface area contributed by atoms with Crippen LogP contribution in [0.1, 0.15) is 19.8 Å². The van der Waals surface area contributed by atoms with E-state index in [1.54, 1.807) is 30.3 Å². The predicted molar refractivity (Wildman–Crippen MR) is 114 cm³/mol. The Morgan fingerprint density at radius 2 is 1.71 bits per heavy atom. The van der Waals surface area contributed by atoms with Crippen LogP contribution in [-0.2, 0) is 10.0 Å². The fourth-order valence-corrected chi connectivity index (χ4v) is 3.87. The first kappa shape index (κ1) is 20.2. The normalized spacial score (nSPS) is 12.9. The van der Waals surface area contributed by atoms with Gasteiger partial charge in [-0.1, -0.05) is 13.3 Å². The van der Waals surface area contributed by atoms with Crippen molar-refractivity contribution < 1.29 is 17.9 Å². The molecule has 150 valence electrons. The van der Waals surface area contributed by atoms with Crippen molar-refractivity contribution in [2.75, 3.05) is 29.8 Å². The second kappa shape index (κ2) is 9.11. The quantitative estimate of drug-likeness (QED) is 0.467. The van der Waals surface area contributed by atoms with Gasteiger partial charge in [-0.3, -0.25) is 4.72 Å².